The Hall–Kier alpha value is -1.72. The molecule has 0 atom stereocenters. The minimum Gasteiger partial charge on any atom is -0.493 e. The molecule has 5 nitrogen and oxygen atoms in total. The molecule has 0 heterocycles. The number of hydrogen-bond acceptors (Lipinski definition) is 4. The summed E-state index contributed by atoms with van der Waals surface area (Å²) in [7, 11) is 2.94. The number of halogens is 1. The molecule has 110 valence electrons. The molecule has 1 aromatic rings. The van der Waals surface area contributed by atoms with Gasteiger partial charge >= 0.3 is 0 Å². The summed E-state index contributed by atoms with van der Waals surface area (Å²) in [4.78, 5) is 13.8. The molecule has 6 heteroatoms. The molecule has 1 amide bonds. The fourth-order valence-corrected chi connectivity index (χ4v) is 2.06. The first-order valence-corrected chi connectivity index (χ1v) is 6.39. The van der Waals surface area contributed by atoms with Crippen LogP contribution in [0.4, 0.5) is 0 Å². The van der Waals surface area contributed by atoms with Crippen molar-refractivity contribution in [3.8, 4) is 11.5 Å². The summed E-state index contributed by atoms with van der Waals surface area (Å²) in [6.45, 7) is 4.02. The normalized spacial score (nSPS) is 10.0. The number of rotatable bonds is 7. The molecule has 0 fully saturated rings. The van der Waals surface area contributed by atoms with Crippen molar-refractivity contribution in [3.63, 3.8) is 0 Å². The SMILES string of the molecule is C=CCN(CCO)C(=O)c1cc(Cl)c(OC)c(OC)c1. The minimum absolute atomic E-state index is 0.124. The van der Waals surface area contributed by atoms with E-state index in [1.807, 2.05) is 0 Å². The first-order chi connectivity index (χ1) is 9.58. The number of carbonyl (C=O) groups excluding carboxylic acids is 1. The maximum Gasteiger partial charge on any atom is 0.254 e. The van der Waals surface area contributed by atoms with Gasteiger partial charge in [0, 0.05) is 18.7 Å². The number of aliphatic hydroxyl groups excluding tert-OH is 1. The van der Waals surface area contributed by atoms with E-state index in [4.69, 9.17) is 26.2 Å². The van der Waals surface area contributed by atoms with Gasteiger partial charge in [0.05, 0.1) is 25.8 Å². The molecule has 0 bridgehead atoms. The van der Waals surface area contributed by atoms with Gasteiger partial charge in [0.15, 0.2) is 11.5 Å². The highest BCUT2D eigenvalue weighted by Crippen LogP contribution is 2.36. The molecule has 0 aliphatic rings. The number of benzene rings is 1. The van der Waals surface area contributed by atoms with Crippen molar-refractivity contribution in [2.75, 3.05) is 33.9 Å². The summed E-state index contributed by atoms with van der Waals surface area (Å²) in [5.41, 5.74) is 0.364. The molecule has 0 unspecified atom stereocenters. The molecule has 0 spiro atoms. The second kappa shape index (κ2) is 7.77. The number of hydrogen-bond donors (Lipinski definition) is 1. The summed E-state index contributed by atoms with van der Waals surface area (Å²) in [6, 6.07) is 3.07. The third kappa shape index (κ3) is 3.65. The van der Waals surface area contributed by atoms with Crippen molar-refractivity contribution in [2.45, 2.75) is 0 Å². The monoisotopic (exact) mass is 299 g/mol. The summed E-state index contributed by atoms with van der Waals surface area (Å²) in [5, 5.41) is 9.29. The predicted octanol–water partition coefficient (Wildman–Crippen LogP) is 1.98. The van der Waals surface area contributed by atoms with Crippen LogP contribution in [0.1, 0.15) is 10.4 Å². The van der Waals surface area contributed by atoms with Crippen molar-refractivity contribution in [1.82, 2.24) is 4.90 Å². The van der Waals surface area contributed by atoms with E-state index in [2.05, 4.69) is 6.58 Å². The topological polar surface area (TPSA) is 59.0 Å². The number of ether oxygens (including phenoxy) is 2. The van der Waals surface area contributed by atoms with Gasteiger partial charge in [-0.15, -0.1) is 6.58 Å². The van der Waals surface area contributed by atoms with Gasteiger partial charge in [0.1, 0.15) is 0 Å². The van der Waals surface area contributed by atoms with E-state index in [9.17, 15) is 4.79 Å². The molecular weight excluding hydrogens is 282 g/mol. The van der Waals surface area contributed by atoms with Crippen LogP contribution in [-0.4, -0.2) is 49.8 Å². The van der Waals surface area contributed by atoms with E-state index in [1.165, 1.54) is 25.2 Å². The molecular formula is C14H18ClNO4. The van der Waals surface area contributed by atoms with Crippen LogP contribution in [0.5, 0.6) is 11.5 Å². The summed E-state index contributed by atoms with van der Waals surface area (Å²) in [6.07, 6.45) is 1.59. The Labute approximate surface area is 123 Å². The number of nitrogens with zero attached hydrogens (tertiary/aromatic N) is 1. The average Bonchev–Trinajstić information content (AvgIpc) is 2.45. The number of carbonyl (C=O) groups is 1. The van der Waals surface area contributed by atoms with Crippen LogP contribution in [0.15, 0.2) is 24.8 Å². The second-order valence-electron chi connectivity index (χ2n) is 3.96. The minimum atomic E-state index is -0.262. The van der Waals surface area contributed by atoms with Crippen molar-refractivity contribution >= 4 is 17.5 Å². The van der Waals surface area contributed by atoms with E-state index < -0.39 is 0 Å². The first-order valence-electron chi connectivity index (χ1n) is 6.01. The van der Waals surface area contributed by atoms with Gasteiger partial charge in [0.2, 0.25) is 0 Å². The summed E-state index contributed by atoms with van der Waals surface area (Å²) >= 11 is 6.07. The van der Waals surface area contributed by atoms with Gasteiger partial charge < -0.3 is 19.5 Å². The van der Waals surface area contributed by atoms with Crippen molar-refractivity contribution in [3.05, 3.63) is 35.4 Å². The summed E-state index contributed by atoms with van der Waals surface area (Å²) < 4.78 is 10.3. The molecule has 1 rings (SSSR count). The summed E-state index contributed by atoms with van der Waals surface area (Å²) in [5.74, 6) is 0.496. The molecule has 0 radical (unpaired) electrons. The van der Waals surface area contributed by atoms with Crippen LogP contribution in [0.25, 0.3) is 0 Å². The zero-order valence-corrected chi connectivity index (χ0v) is 12.3. The highest BCUT2D eigenvalue weighted by Gasteiger charge is 2.19. The van der Waals surface area contributed by atoms with E-state index in [1.54, 1.807) is 12.1 Å². The van der Waals surface area contributed by atoms with Crippen LogP contribution in [-0.2, 0) is 0 Å². The van der Waals surface area contributed by atoms with Crippen LogP contribution < -0.4 is 9.47 Å². The Kier molecular flexibility index (Phi) is 6.35. The molecule has 0 saturated heterocycles. The Balaban J connectivity index is 3.14. The van der Waals surface area contributed by atoms with E-state index in [0.717, 1.165) is 0 Å². The van der Waals surface area contributed by atoms with Gasteiger partial charge in [0.25, 0.3) is 5.91 Å². The maximum absolute atomic E-state index is 12.4. The first kappa shape index (κ1) is 16.3. The molecule has 1 aromatic carbocycles. The lowest BCUT2D eigenvalue weighted by Gasteiger charge is -2.21. The zero-order valence-electron chi connectivity index (χ0n) is 11.6. The quantitative estimate of drug-likeness (QED) is 0.782. The van der Waals surface area contributed by atoms with Crippen molar-refractivity contribution in [1.29, 1.82) is 0 Å². The van der Waals surface area contributed by atoms with Gasteiger partial charge in [-0.05, 0) is 12.1 Å². The Bertz CT molecular complexity index is 490. The number of aliphatic hydroxyl groups is 1. The fourth-order valence-electron chi connectivity index (χ4n) is 1.78. The smallest absolute Gasteiger partial charge is 0.254 e. The van der Waals surface area contributed by atoms with Gasteiger partial charge in [-0.1, -0.05) is 17.7 Å². The lowest BCUT2D eigenvalue weighted by molar-refractivity contribution is 0.0742. The van der Waals surface area contributed by atoms with Gasteiger partial charge in [-0.2, -0.15) is 0 Å². The van der Waals surface area contributed by atoms with E-state index >= 15 is 0 Å². The molecule has 1 N–H and O–H groups in total. The number of amides is 1. The van der Waals surface area contributed by atoms with Crippen molar-refractivity contribution < 1.29 is 19.4 Å². The predicted molar refractivity (Wildman–Crippen MR) is 77.7 cm³/mol. The standard InChI is InChI=1S/C14H18ClNO4/c1-4-5-16(6-7-17)14(18)10-8-11(15)13(20-3)12(9-10)19-2/h4,8-9,17H,1,5-7H2,2-3H3. The molecule has 0 saturated carbocycles. The largest absolute Gasteiger partial charge is 0.493 e. The highest BCUT2D eigenvalue weighted by molar-refractivity contribution is 6.32. The zero-order chi connectivity index (χ0) is 15.1. The third-order valence-corrected chi connectivity index (χ3v) is 2.97. The lowest BCUT2D eigenvalue weighted by Crippen LogP contribution is -2.33. The van der Waals surface area contributed by atoms with Crippen LogP contribution >= 0.6 is 11.6 Å². The number of methoxy groups -OCH3 is 2. The molecule has 0 aliphatic carbocycles. The van der Waals surface area contributed by atoms with E-state index in [0.29, 0.717) is 23.6 Å². The Morgan fingerprint density at radius 2 is 2.15 bits per heavy atom. The van der Waals surface area contributed by atoms with E-state index in [-0.39, 0.29) is 24.1 Å². The molecule has 0 aliphatic heterocycles. The second-order valence-corrected chi connectivity index (χ2v) is 4.36. The van der Waals surface area contributed by atoms with Crippen LogP contribution in [0.2, 0.25) is 5.02 Å². The van der Waals surface area contributed by atoms with Crippen molar-refractivity contribution in [2.24, 2.45) is 0 Å². The molecule has 0 aromatic heterocycles. The maximum atomic E-state index is 12.4. The van der Waals surface area contributed by atoms with Crippen LogP contribution in [0, 0.1) is 0 Å². The van der Waals surface area contributed by atoms with Gasteiger partial charge in [-0.25, -0.2) is 0 Å². The fraction of sp³-hybridized carbons (Fsp3) is 0.357. The Morgan fingerprint density at radius 1 is 1.45 bits per heavy atom. The average molecular weight is 300 g/mol. The lowest BCUT2D eigenvalue weighted by atomic mass is 10.1. The third-order valence-electron chi connectivity index (χ3n) is 2.69. The highest BCUT2D eigenvalue weighted by atomic mass is 35.5. The Morgan fingerprint density at radius 3 is 2.65 bits per heavy atom. The molecule has 20 heavy (non-hydrogen) atoms. The van der Waals surface area contributed by atoms with Gasteiger partial charge in [-0.3, -0.25) is 4.79 Å². The van der Waals surface area contributed by atoms with Crippen LogP contribution in [0.3, 0.4) is 0 Å².